The first-order valence-electron chi connectivity index (χ1n) is 7.35. The van der Waals surface area contributed by atoms with Crippen LogP contribution in [0.5, 0.6) is 0 Å². The zero-order valence-corrected chi connectivity index (χ0v) is 12.4. The van der Waals surface area contributed by atoms with Gasteiger partial charge in [-0.1, -0.05) is 6.42 Å². The number of hydrogen-bond acceptors (Lipinski definition) is 4. The number of hydrogen-bond donors (Lipinski definition) is 1. The van der Waals surface area contributed by atoms with Crippen molar-refractivity contribution < 1.29 is 19.1 Å². The molecule has 1 aliphatic rings. The topological polar surface area (TPSA) is 67.9 Å². The van der Waals surface area contributed by atoms with Crippen LogP contribution < -0.4 is 5.32 Å². The molecule has 2 amide bonds. The number of carbonyl (C=O) groups is 2. The summed E-state index contributed by atoms with van der Waals surface area (Å²) in [6.45, 7) is 3.13. The Morgan fingerprint density at radius 3 is 2.95 bits per heavy atom. The number of carbonyl (C=O) groups excluding carboxylic acids is 2. The maximum Gasteiger partial charge on any atom is 0.246 e. The zero-order valence-electron chi connectivity index (χ0n) is 12.4. The van der Waals surface area contributed by atoms with E-state index >= 15 is 0 Å². The van der Waals surface area contributed by atoms with Crippen LogP contribution in [0.3, 0.4) is 0 Å². The Kier molecular flexibility index (Phi) is 8.98. The molecule has 0 aliphatic carbocycles. The average Bonchev–Trinajstić information content (AvgIpc) is 2.65. The summed E-state index contributed by atoms with van der Waals surface area (Å²) in [5, 5.41) is 2.79. The van der Waals surface area contributed by atoms with Gasteiger partial charge in [0.25, 0.3) is 0 Å². The molecule has 1 fully saturated rings. The quantitative estimate of drug-likeness (QED) is 0.629. The summed E-state index contributed by atoms with van der Waals surface area (Å²) >= 11 is 0. The fraction of sp³-hybridized carbons (Fsp3) is 0.857. The van der Waals surface area contributed by atoms with Crippen LogP contribution in [0.4, 0.5) is 0 Å². The van der Waals surface area contributed by atoms with Crippen LogP contribution >= 0.6 is 0 Å². The number of nitrogens with one attached hydrogen (secondary N) is 1. The summed E-state index contributed by atoms with van der Waals surface area (Å²) in [4.78, 5) is 25.1. The highest BCUT2D eigenvalue weighted by molar-refractivity contribution is 5.77. The molecule has 0 saturated carbocycles. The van der Waals surface area contributed by atoms with Crippen molar-refractivity contribution in [2.45, 2.75) is 32.1 Å². The number of likely N-dealkylation sites (tertiary alicyclic amines) is 1. The molecular formula is C14H26N2O4. The predicted octanol–water partition coefficient (Wildman–Crippen LogP) is 0.558. The third-order valence-electron chi connectivity index (χ3n) is 3.26. The van der Waals surface area contributed by atoms with E-state index in [0.717, 1.165) is 38.8 Å². The van der Waals surface area contributed by atoms with Gasteiger partial charge >= 0.3 is 0 Å². The summed E-state index contributed by atoms with van der Waals surface area (Å²) in [7, 11) is 1.59. The first kappa shape index (κ1) is 16.9. The van der Waals surface area contributed by atoms with Crippen LogP contribution in [0.1, 0.15) is 32.1 Å². The maximum atomic E-state index is 11.8. The van der Waals surface area contributed by atoms with Crippen LogP contribution in [-0.4, -0.2) is 63.3 Å². The second-order valence-electron chi connectivity index (χ2n) is 4.94. The smallest absolute Gasteiger partial charge is 0.246 e. The maximum absolute atomic E-state index is 11.8. The van der Waals surface area contributed by atoms with E-state index in [1.54, 1.807) is 7.11 Å². The van der Waals surface area contributed by atoms with E-state index in [4.69, 9.17) is 9.47 Å². The molecule has 20 heavy (non-hydrogen) atoms. The molecule has 1 aliphatic heterocycles. The van der Waals surface area contributed by atoms with Crippen molar-refractivity contribution in [3.63, 3.8) is 0 Å². The van der Waals surface area contributed by atoms with Gasteiger partial charge in [0, 0.05) is 33.2 Å². The molecule has 0 aromatic heterocycles. The van der Waals surface area contributed by atoms with Crippen molar-refractivity contribution in [3.8, 4) is 0 Å². The fourth-order valence-corrected chi connectivity index (χ4v) is 2.13. The minimum atomic E-state index is -0.122. The number of methoxy groups -OCH3 is 1. The average molecular weight is 286 g/mol. The SMILES string of the molecule is COCCOCC(=O)NCCCN1CCCCCC1=O. The van der Waals surface area contributed by atoms with Gasteiger partial charge in [-0.25, -0.2) is 0 Å². The van der Waals surface area contributed by atoms with E-state index in [2.05, 4.69) is 5.32 Å². The largest absolute Gasteiger partial charge is 0.382 e. The Labute approximate surface area is 120 Å². The first-order valence-corrected chi connectivity index (χ1v) is 7.35. The van der Waals surface area contributed by atoms with Gasteiger partial charge in [-0.2, -0.15) is 0 Å². The zero-order chi connectivity index (χ0) is 14.6. The van der Waals surface area contributed by atoms with Crippen LogP contribution in [0.15, 0.2) is 0 Å². The van der Waals surface area contributed by atoms with Crippen molar-refractivity contribution >= 4 is 11.8 Å². The lowest BCUT2D eigenvalue weighted by Crippen LogP contribution is -2.34. The minimum Gasteiger partial charge on any atom is -0.382 e. The molecule has 6 heteroatoms. The molecule has 0 unspecified atom stereocenters. The molecule has 0 bridgehead atoms. The van der Waals surface area contributed by atoms with E-state index in [9.17, 15) is 9.59 Å². The first-order chi connectivity index (χ1) is 9.74. The van der Waals surface area contributed by atoms with E-state index < -0.39 is 0 Å². The standard InChI is InChI=1S/C14H26N2O4/c1-19-10-11-20-12-13(17)15-7-5-9-16-8-4-2-3-6-14(16)18/h2-12H2,1H3,(H,15,17). The molecule has 0 atom stereocenters. The Hall–Kier alpha value is -1.14. The van der Waals surface area contributed by atoms with Crippen LogP contribution in [-0.2, 0) is 19.1 Å². The molecule has 1 saturated heterocycles. The molecule has 0 spiro atoms. The van der Waals surface area contributed by atoms with Crippen molar-refractivity contribution in [2.24, 2.45) is 0 Å². The van der Waals surface area contributed by atoms with Crippen molar-refractivity contribution in [1.82, 2.24) is 10.2 Å². The Morgan fingerprint density at radius 1 is 1.30 bits per heavy atom. The second kappa shape index (κ2) is 10.6. The third-order valence-corrected chi connectivity index (χ3v) is 3.26. The summed E-state index contributed by atoms with van der Waals surface area (Å²) < 4.78 is 9.93. The highest BCUT2D eigenvalue weighted by Gasteiger charge is 2.15. The van der Waals surface area contributed by atoms with Crippen LogP contribution in [0.25, 0.3) is 0 Å². The van der Waals surface area contributed by atoms with E-state index in [1.165, 1.54) is 0 Å². The lowest BCUT2D eigenvalue weighted by Gasteiger charge is -2.20. The van der Waals surface area contributed by atoms with Crippen LogP contribution in [0.2, 0.25) is 0 Å². The molecule has 0 radical (unpaired) electrons. The van der Waals surface area contributed by atoms with Gasteiger partial charge in [0.15, 0.2) is 0 Å². The Morgan fingerprint density at radius 2 is 2.15 bits per heavy atom. The molecule has 1 heterocycles. The number of ether oxygens (including phenoxy) is 2. The molecule has 116 valence electrons. The van der Waals surface area contributed by atoms with E-state index in [0.29, 0.717) is 26.2 Å². The Balaban J connectivity index is 2.02. The van der Waals surface area contributed by atoms with Crippen molar-refractivity contribution in [1.29, 1.82) is 0 Å². The molecular weight excluding hydrogens is 260 g/mol. The van der Waals surface area contributed by atoms with E-state index in [1.807, 2.05) is 4.90 Å². The monoisotopic (exact) mass is 286 g/mol. The highest BCUT2D eigenvalue weighted by Crippen LogP contribution is 2.10. The van der Waals surface area contributed by atoms with Gasteiger partial charge in [0.05, 0.1) is 13.2 Å². The summed E-state index contributed by atoms with van der Waals surface area (Å²) in [6.07, 6.45) is 4.68. The van der Waals surface area contributed by atoms with Crippen molar-refractivity contribution in [3.05, 3.63) is 0 Å². The number of rotatable bonds is 9. The lowest BCUT2D eigenvalue weighted by atomic mass is 10.2. The molecule has 0 aromatic carbocycles. The van der Waals surface area contributed by atoms with Gasteiger partial charge in [0.1, 0.15) is 6.61 Å². The second-order valence-corrected chi connectivity index (χ2v) is 4.94. The number of amides is 2. The van der Waals surface area contributed by atoms with Gasteiger partial charge in [-0.15, -0.1) is 0 Å². The molecule has 1 rings (SSSR count). The normalized spacial score (nSPS) is 16.1. The van der Waals surface area contributed by atoms with E-state index in [-0.39, 0.29) is 18.4 Å². The molecule has 6 nitrogen and oxygen atoms in total. The number of nitrogens with zero attached hydrogens (tertiary/aromatic N) is 1. The van der Waals surface area contributed by atoms with Gasteiger partial charge in [-0.3, -0.25) is 9.59 Å². The molecule has 1 N–H and O–H groups in total. The summed E-state index contributed by atoms with van der Waals surface area (Å²) in [5.41, 5.74) is 0. The lowest BCUT2D eigenvalue weighted by molar-refractivity contribution is -0.130. The van der Waals surface area contributed by atoms with Gasteiger partial charge in [-0.05, 0) is 19.3 Å². The van der Waals surface area contributed by atoms with Gasteiger partial charge < -0.3 is 19.7 Å². The fourth-order valence-electron chi connectivity index (χ4n) is 2.13. The molecule has 0 aromatic rings. The highest BCUT2D eigenvalue weighted by atomic mass is 16.5. The van der Waals surface area contributed by atoms with Crippen LogP contribution in [0, 0.1) is 0 Å². The predicted molar refractivity (Wildman–Crippen MR) is 75.4 cm³/mol. The third kappa shape index (κ3) is 7.45. The minimum absolute atomic E-state index is 0.0615. The van der Waals surface area contributed by atoms with Gasteiger partial charge in [0.2, 0.25) is 11.8 Å². The summed E-state index contributed by atoms with van der Waals surface area (Å²) in [6, 6.07) is 0. The van der Waals surface area contributed by atoms with Crippen molar-refractivity contribution in [2.75, 3.05) is 46.6 Å². The summed E-state index contributed by atoms with van der Waals surface area (Å²) in [5.74, 6) is 0.125. The Bertz CT molecular complexity index is 297.